The van der Waals surface area contributed by atoms with Crippen molar-refractivity contribution in [2.24, 2.45) is 5.92 Å². The van der Waals surface area contributed by atoms with Crippen LogP contribution in [0.3, 0.4) is 0 Å². The van der Waals surface area contributed by atoms with E-state index in [9.17, 15) is 0 Å². The predicted molar refractivity (Wildman–Crippen MR) is 67.2 cm³/mol. The van der Waals surface area contributed by atoms with E-state index in [2.05, 4.69) is 27.7 Å². The molecular weight excluding hydrogens is 172 g/mol. The first-order valence-corrected chi connectivity index (χ1v) is 5.85. The van der Waals surface area contributed by atoms with E-state index in [1.807, 2.05) is 0 Å². The van der Waals surface area contributed by atoms with Crippen LogP contribution in [0.15, 0.2) is 0 Å². The third kappa shape index (κ3) is 17.9. The van der Waals surface area contributed by atoms with E-state index in [4.69, 9.17) is 0 Å². The van der Waals surface area contributed by atoms with Crippen LogP contribution in [0.4, 0.5) is 0 Å². The van der Waals surface area contributed by atoms with Gasteiger partial charge in [0.2, 0.25) is 0 Å². The highest BCUT2D eigenvalue weighted by molar-refractivity contribution is 4.65. The zero-order valence-electron chi connectivity index (χ0n) is 10.4. The highest BCUT2D eigenvalue weighted by Gasteiger charge is 2.06. The van der Waals surface area contributed by atoms with Gasteiger partial charge in [-0.2, -0.15) is 0 Å². The van der Waals surface area contributed by atoms with Gasteiger partial charge in [-0.3, -0.25) is 0 Å². The summed E-state index contributed by atoms with van der Waals surface area (Å²) in [4.78, 5) is 0. The molecule has 0 aromatic carbocycles. The first-order valence-electron chi connectivity index (χ1n) is 5.85. The van der Waals surface area contributed by atoms with E-state index in [1.165, 1.54) is 44.9 Å². The van der Waals surface area contributed by atoms with Gasteiger partial charge in [0.25, 0.3) is 0 Å². The lowest BCUT2D eigenvalue weighted by molar-refractivity contribution is 0.417. The van der Waals surface area contributed by atoms with Gasteiger partial charge in [0.1, 0.15) is 0 Å². The fourth-order valence-corrected chi connectivity index (χ4v) is 1.19. The molecule has 1 rings (SSSR count). The first-order chi connectivity index (χ1) is 6.31. The summed E-state index contributed by atoms with van der Waals surface area (Å²) in [7, 11) is 0. The zero-order chi connectivity index (χ0) is 10.5. The Morgan fingerprint density at radius 3 is 1.43 bits per heavy atom. The summed E-state index contributed by atoms with van der Waals surface area (Å²) in [5.74, 6) is 0.786. The monoisotopic (exact) mass is 202 g/mol. The van der Waals surface area contributed by atoms with Crippen LogP contribution in [-0.4, -0.2) is 5.48 Å². The summed E-state index contributed by atoms with van der Waals surface area (Å²) in [6.45, 7) is 13.4. The van der Waals surface area contributed by atoms with Crippen molar-refractivity contribution in [3.8, 4) is 0 Å². The Kier molecular flexibility index (Phi) is 26.1. The van der Waals surface area contributed by atoms with Crippen LogP contribution < -0.4 is 0 Å². The summed E-state index contributed by atoms with van der Waals surface area (Å²) in [5.41, 5.74) is 0. The first kappa shape index (κ1) is 19.5. The second-order valence-corrected chi connectivity index (χ2v) is 3.50. The molecule has 0 atom stereocenters. The molecule has 1 aliphatic carbocycles. The van der Waals surface area contributed by atoms with Crippen LogP contribution in [0.5, 0.6) is 0 Å². The fourth-order valence-electron chi connectivity index (χ4n) is 1.19. The summed E-state index contributed by atoms with van der Waals surface area (Å²) in [6, 6.07) is 0. The summed E-state index contributed by atoms with van der Waals surface area (Å²) >= 11 is 0. The topological polar surface area (TPSA) is 31.5 Å². The molecule has 14 heavy (non-hydrogen) atoms. The number of unbranched alkanes of at least 4 members (excludes halogenated alkanes) is 1. The van der Waals surface area contributed by atoms with Crippen molar-refractivity contribution in [1.29, 1.82) is 0 Å². The molecular formula is C13H30O. The van der Waals surface area contributed by atoms with Crippen molar-refractivity contribution in [2.45, 2.75) is 65.7 Å². The highest BCUT2D eigenvalue weighted by atomic mass is 16.0. The SMILES string of the molecule is CCCC.O.[CH2]C.[CH2]C1CCCCC1. The van der Waals surface area contributed by atoms with Crippen LogP contribution >= 0.6 is 0 Å². The van der Waals surface area contributed by atoms with Gasteiger partial charge in [-0.1, -0.05) is 79.6 Å². The Bertz CT molecular complexity index is 63.6. The van der Waals surface area contributed by atoms with Crippen LogP contribution in [0.25, 0.3) is 0 Å². The van der Waals surface area contributed by atoms with E-state index < -0.39 is 0 Å². The summed E-state index contributed by atoms with van der Waals surface area (Å²) < 4.78 is 0. The maximum absolute atomic E-state index is 4.00. The van der Waals surface area contributed by atoms with Gasteiger partial charge < -0.3 is 5.48 Å². The fraction of sp³-hybridized carbons (Fsp3) is 0.846. The summed E-state index contributed by atoms with van der Waals surface area (Å²) in [6.07, 6.45) is 9.69. The maximum Gasteiger partial charge on any atom is -0.0414 e. The van der Waals surface area contributed by atoms with E-state index in [-0.39, 0.29) is 5.48 Å². The number of hydrogen-bond acceptors (Lipinski definition) is 0. The van der Waals surface area contributed by atoms with Gasteiger partial charge in [0, 0.05) is 0 Å². The Morgan fingerprint density at radius 2 is 1.29 bits per heavy atom. The van der Waals surface area contributed by atoms with Crippen molar-refractivity contribution in [3.05, 3.63) is 13.8 Å². The molecule has 0 saturated heterocycles. The standard InChI is InChI=1S/C7H13.C4H10.C2H5.H2O/c1-7-5-3-2-4-6-7;1-3-4-2;1-2;/h7H,1-6H2;3-4H2,1-2H3;1H2,2H3;1H2. The Labute approximate surface area is 91.6 Å². The minimum Gasteiger partial charge on any atom is -0.412 e. The van der Waals surface area contributed by atoms with Gasteiger partial charge in [-0.25, -0.2) is 0 Å². The van der Waals surface area contributed by atoms with Gasteiger partial charge in [0.15, 0.2) is 0 Å². The molecule has 0 aliphatic heterocycles. The minimum atomic E-state index is 0. The van der Waals surface area contributed by atoms with E-state index in [1.54, 1.807) is 6.92 Å². The highest BCUT2D eigenvalue weighted by Crippen LogP contribution is 2.21. The van der Waals surface area contributed by atoms with Crippen LogP contribution in [0.2, 0.25) is 0 Å². The molecule has 0 unspecified atom stereocenters. The normalized spacial score (nSPS) is 15.2. The molecule has 0 heterocycles. The smallest absolute Gasteiger partial charge is 0.0414 e. The molecule has 1 heteroatoms. The van der Waals surface area contributed by atoms with Crippen molar-refractivity contribution in [1.82, 2.24) is 0 Å². The molecule has 1 fully saturated rings. The molecule has 0 aromatic heterocycles. The molecule has 1 saturated carbocycles. The summed E-state index contributed by atoms with van der Waals surface area (Å²) in [5, 5.41) is 0. The Balaban J connectivity index is -0.000000152. The minimum absolute atomic E-state index is 0. The number of rotatable bonds is 1. The molecule has 0 amide bonds. The Hall–Kier alpha value is -0.0400. The second-order valence-electron chi connectivity index (χ2n) is 3.50. The quantitative estimate of drug-likeness (QED) is 0.609. The number of hydrogen-bond donors (Lipinski definition) is 0. The van der Waals surface area contributed by atoms with E-state index in [0.29, 0.717) is 0 Å². The van der Waals surface area contributed by atoms with Crippen molar-refractivity contribution in [3.63, 3.8) is 0 Å². The lowest BCUT2D eigenvalue weighted by Crippen LogP contribution is -2.00. The second kappa shape index (κ2) is 18.7. The zero-order valence-corrected chi connectivity index (χ0v) is 10.4. The molecule has 0 aromatic rings. The van der Waals surface area contributed by atoms with Gasteiger partial charge in [-0.15, -0.1) is 0 Å². The van der Waals surface area contributed by atoms with Gasteiger partial charge in [0.05, 0.1) is 0 Å². The molecule has 0 bridgehead atoms. The third-order valence-corrected chi connectivity index (χ3v) is 2.22. The predicted octanol–water partition coefficient (Wildman–Crippen LogP) is 4.22. The Morgan fingerprint density at radius 1 is 0.929 bits per heavy atom. The van der Waals surface area contributed by atoms with E-state index in [0.717, 1.165) is 5.92 Å². The van der Waals surface area contributed by atoms with Crippen LogP contribution in [0.1, 0.15) is 65.7 Å². The van der Waals surface area contributed by atoms with Gasteiger partial charge in [-0.05, 0) is 5.92 Å². The van der Waals surface area contributed by atoms with Crippen molar-refractivity contribution in [2.75, 3.05) is 0 Å². The third-order valence-electron chi connectivity index (χ3n) is 2.22. The molecule has 88 valence electrons. The van der Waals surface area contributed by atoms with Crippen molar-refractivity contribution < 1.29 is 5.48 Å². The molecule has 1 nitrogen and oxygen atoms in total. The molecule has 0 spiro atoms. The molecule has 2 radical (unpaired) electrons. The van der Waals surface area contributed by atoms with Crippen LogP contribution in [0, 0.1) is 19.8 Å². The van der Waals surface area contributed by atoms with E-state index >= 15 is 0 Å². The van der Waals surface area contributed by atoms with Crippen molar-refractivity contribution >= 4 is 0 Å². The largest absolute Gasteiger partial charge is 0.412 e. The molecule has 1 aliphatic rings. The van der Waals surface area contributed by atoms with Crippen LogP contribution in [-0.2, 0) is 0 Å². The molecule has 2 N–H and O–H groups in total. The lowest BCUT2D eigenvalue weighted by Gasteiger charge is -2.15. The van der Waals surface area contributed by atoms with Gasteiger partial charge >= 0.3 is 0 Å². The lowest BCUT2D eigenvalue weighted by atomic mass is 9.91. The average molecular weight is 202 g/mol. The maximum atomic E-state index is 4.00. The average Bonchev–Trinajstić information content (AvgIpc) is 2.22.